The first-order valence-corrected chi connectivity index (χ1v) is 35.3. The molecule has 0 radical (unpaired) electrons. The molecular formula is C79H84N3NaO9S. The number of aliphatic imine (C=N–C) groups is 1. The van der Waals surface area contributed by atoms with Crippen molar-refractivity contribution in [3.05, 3.63) is 224 Å². The van der Waals surface area contributed by atoms with E-state index in [0.717, 1.165) is 83.9 Å². The van der Waals surface area contributed by atoms with E-state index in [9.17, 15) is 33.4 Å². The Labute approximate surface area is 569 Å². The van der Waals surface area contributed by atoms with Crippen LogP contribution in [0.15, 0.2) is 156 Å². The summed E-state index contributed by atoms with van der Waals surface area (Å²) in [6.45, 7) is 2.07. The van der Waals surface area contributed by atoms with E-state index in [2.05, 4.69) is 85.5 Å². The van der Waals surface area contributed by atoms with Crippen LogP contribution in [0.5, 0.6) is 11.5 Å². The molecule has 8 N–H and O–H groups in total. The summed E-state index contributed by atoms with van der Waals surface area (Å²) in [5.74, 6) is 4.70. The molecule has 0 amide bonds. The van der Waals surface area contributed by atoms with Crippen LogP contribution in [0.3, 0.4) is 0 Å². The van der Waals surface area contributed by atoms with Gasteiger partial charge in [0.15, 0.2) is 5.96 Å². The van der Waals surface area contributed by atoms with E-state index in [0.29, 0.717) is 68.2 Å². The van der Waals surface area contributed by atoms with Crippen molar-refractivity contribution >= 4 is 26.9 Å². The second-order valence-corrected chi connectivity index (χ2v) is 30.3. The van der Waals surface area contributed by atoms with E-state index < -0.39 is 56.7 Å². The molecule has 2 fully saturated rings. The average molecular weight is 1270 g/mol. The van der Waals surface area contributed by atoms with E-state index in [1.165, 1.54) is 38.6 Å². The van der Waals surface area contributed by atoms with Gasteiger partial charge in [-0.1, -0.05) is 140 Å². The van der Waals surface area contributed by atoms with Crippen molar-refractivity contribution in [1.29, 1.82) is 0 Å². The number of nitrogens with two attached hydrogens (primary N) is 2. The van der Waals surface area contributed by atoms with Gasteiger partial charge < -0.3 is 45.9 Å². The van der Waals surface area contributed by atoms with E-state index in [-0.39, 0.29) is 102 Å². The summed E-state index contributed by atoms with van der Waals surface area (Å²) >= 11 is 0. The molecule has 476 valence electrons. The van der Waals surface area contributed by atoms with Crippen LogP contribution in [0, 0.1) is 41.4 Å². The summed E-state index contributed by atoms with van der Waals surface area (Å²) in [5, 5.41) is 49.2. The Morgan fingerprint density at radius 1 is 0.796 bits per heavy atom. The number of aromatic hydroxyl groups is 1. The first kappa shape index (κ1) is 64.1. The van der Waals surface area contributed by atoms with Crippen molar-refractivity contribution in [2.45, 2.75) is 175 Å². The van der Waals surface area contributed by atoms with Crippen molar-refractivity contribution < 1.29 is 72.4 Å². The first-order chi connectivity index (χ1) is 44.5. The second-order valence-electron chi connectivity index (χ2n) is 28.7. The van der Waals surface area contributed by atoms with Gasteiger partial charge in [-0.15, -0.1) is 0 Å². The van der Waals surface area contributed by atoms with Crippen LogP contribution in [0.25, 0.3) is 10.8 Å². The number of rotatable bonds is 9. The monoisotopic (exact) mass is 1270 g/mol. The normalized spacial score (nSPS) is 30.4. The number of hydrogen-bond acceptors (Lipinski definition) is 10. The minimum absolute atomic E-state index is 0. The molecule has 0 aromatic heterocycles. The van der Waals surface area contributed by atoms with Crippen LogP contribution in [-0.4, -0.2) is 62.9 Å². The number of guanidine groups is 1. The molecule has 14 heteroatoms. The fraction of sp³-hybridized carbons (Fsp3) is 0.430. The topological polar surface area (TPSA) is 221 Å². The minimum Gasteiger partial charge on any atom is -0.748 e. The second kappa shape index (κ2) is 25.7. The van der Waals surface area contributed by atoms with Gasteiger partial charge in [0, 0.05) is 42.1 Å². The standard InChI is InChI=1S/C79H85N3O9S.Na/c1-46-15-16-56-39-63-28-32-65(56)69(46)42-71(92(87,88)89)70-41-59-37-58(40-64-35-48(45-83)10-5-13-54-38-62(84)27-31-67(54)76(59)90-64)72(70)51-21-25-60(26-22-51)79(91-63,82-77(80)81)44-61(34-47-8-3-2-4-9-47)78(86)33-7-14-57(43-78)53-24-29-66-55(36-53)20-19-52-18-17-49-11-6-12-50-23-30-68(75(66)85)74(52)73(49)50;/h2-4,6,8-9,11-12,17-18,21-22,24-29,31-32,36,38-39,41,46,48,57-58,61,64,68-72,75-76,83-86H,7,10,14-16,19-20,23,30,33-35,37,40,42-45H2,1H3,(H4,80,81,82)(H,87,88,89);/q;+1/p-1/t46-,48+,57+,58-,61+,64-,68-,69+,70-,71-,72+,75-,76-,78-,79-;/m1./s1. The van der Waals surface area contributed by atoms with Crippen LogP contribution in [-0.2, 0) is 52.7 Å². The first-order valence-electron chi connectivity index (χ1n) is 33.8. The minimum atomic E-state index is -4.97. The Kier molecular flexibility index (Phi) is 17.7. The van der Waals surface area contributed by atoms with E-state index in [1.54, 1.807) is 12.1 Å². The maximum absolute atomic E-state index is 14.5. The Hall–Kier alpha value is -6.28. The Morgan fingerprint density at radius 2 is 1.57 bits per heavy atom. The molecule has 12 nitrogen and oxygen atoms in total. The largest absolute Gasteiger partial charge is 1.00 e. The van der Waals surface area contributed by atoms with E-state index in [1.807, 2.05) is 66.7 Å². The molecule has 0 spiro atoms. The number of fused-ring (bicyclic) bond motifs is 10. The maximum atomic E-state index is 14.5. The molecule has 17 rings (SSSR count). The number of benzene rings is 7. The van der Waals surface area contributed by atoms with Gasteiger partial charge in [0.1, 0.15) is 17.6 Å². The van der Waals surface area contributed by atoms with Gasteiger partial charge in [0.2, 0.25) is 5.72 Å². The molecular weight excluding hydrogens is 1190 g/mol. The summed E-state index contributed by atoms with van der Waals surface area (Å²) < 4.78 is 58.1. The summed E-state index contributed by atoms with van der Waals surface area (Å²) in [7, 11) is -4.97. The smallest absolute Gasteiger partial charge is 0.748 e. The van der Waals surface area contributed by atoms with Gasteiger partial charge in [-0.25, -0.2) is 13.4 Å². The van der Waals surface area contributed by atoms with Crippen LogP contribution in [0.1, 0.15) is 192 Å². The summed E-state index contributed by atoms with van der Waals surface area (Å²) in [4.78, 5) is 5.23. The van der Waals surface area contributed by atoms with Crippen LogP contribution >= 0.6 is 0 Å². The van der Waals surface area contributed by atoms with Gasteiger partial charge in [-0.05, 0) is 240 Å². The number of aliphatic hydroxyl groups excluding tert-OH is 2. The van der Waals surface area contributed by atoms with Crippen molar-refractivity contribution in [1.82, 2.24) is 0 Å². The number of ether oxygens (including phenoxy) is 2. The third-order valence-corrected chi connectivity index (χ3v) is 24.5. The molecule has 15 atom stereocenters. The third kappa shape index (κ3) is 12.2. The van der Waals surface area contributed by atoms with Gasteiger partial charge >= 0.3 is 29.6 Å². The predicted molar refractivity (Wildman–Crippen MR) is 357 cm³/mol. The molecule has 1 saturated heterocycles. The van der Waals surface area contributed by atoms with Crippen molar-refractivity contribution in [3.63, 3.8) is 0 Å². The summed E-state index contributed by atoms with van der Waals surface area (Å²) in [6.07, 6.45) is 10.9. The molecule has 1 saturated carbocycles. The summed E-state index contributed by atoms with van der Waals surface area (Å²) in [6, 6.07) is 47.4. The quantitative estimate of drug-likeness (QED) is 0.0199. The van der Waals surface area contributed by atoms with E-state index >= 15 is 0 Å². The van der Waals surface area contributed by atoms with Crippen LogP contribution in [0.4, 0.5) is 0 Å². The zero-order valence-corrected chi connectivity index (χ0v) is 56.2. The SMILES string of the molecule is C[C@@H]1CCc2cc3ccc2[C@H]1C[C@@H](S(=O)(=O)[O-])[C@H]1C=C2C[C@H](C[C@H]4C[C@@H](CO)CC#Cc5cc(O)ccc5[C@@H]2O4)[C@@H]1c1ccc(cc1)[C@](C[C@H](Cc1ccccc1)[C@@]1(O)CCC[C@H](c2ccc4c(c2)CCc2ccc5cccc6c5c2[C@@H](CC6)[C@@H]4O)C1)(N=C(N)N)O3.[Na+]. The number of aliphatic hydroxyl groups is 3. The van der Waals surface area contributed by atoms with Crippen molar-refractivity contribution in [3.8, 4) is 23.3 Å². The molecule has 7 aromatic rings. The van der Waals surface area contributed by atoms with Crippen molar-refractivity contribution in [2.75, 3.05) is 6.61 Å². The molecule has 0 unspecified atom stereocenters. The maximum Gasteiger partial charge on any atom is 1.00 e. The number of aryl methyl sites for hydroxylation is 4. The van der Waals surface area contributed by atoms with Crippen LogP contribution in [0.2, 0.25) is 0 Å². The molecule has 5 aliphatic carbocycles. The zero-order valence-electron chi connectivity index (χ0n) is 53.4. The molecule has 10 bridgehead atoms. The number of allylic oxidation sites excluding steroid dienone is 1. The molecule has 7 aromatic carbocycles. The van der Waals surface area contributed by atoms with Gasteiger partial charge in [0.05, 0.1) is 33.2 Å². The molecule has 5 heterocycles. The fourth-order valence-electron chi connectivity index (χ4n) is 18.8. The summed E-state index contributed by atoms with van der Waals surface area (Å²) in [5.41, 5.74) is 24.7. The van der Waals surface area contributed by atoms with Gasteiger partial charge in [-0.2, -0.15) is 0 Å². The predicted octanol–water partition coefficient (Wildman–Crippen LogP) is 10.2. The Balaban J connectivity index is 0.00000749. The average Bonchev–Trinajstić information content (AvgIpc) is 1.65. The van der Waals surface area contributed by atoms with Gasteiger partial charge in [-0.3, -0.25) is 0 Å². The Morgan fingerprint density at radius 3 is 2.38 bits per heavy atom. The molecule has 10 aliphatic rings. The fourth-order valence-corrected chi connectivity index (χ4v) is 19.9. The van der Waals surface area contributed by atoms with Gasteiger partial charge in [0.25, 0.3) is 0 Å². The van der Waals surface area contributed by atoms with E-state index in [4.69, 9.17) is 25.9 Å². The number of phenols is 1. The number of hydrogen-bond donors (Lipinski definition) is 6. The number of nitrogens with zero attached hydrogens (tertiary/aromatic N) is 1. The Bertz CT molecular complexity index is 4240. The number of phenolic OH excluding ortho intramolecular Hbond substituents is 1. The third-order valence-electron chi connectivity index (χ3n) is 23.3. The molecule has 93 heavy (non-hydrogen) atoms. The zero-order chi connectivity index (χ0) is 63.2. The van der Waals surface area contributed by atoms with Crippen LogP contribution < -0.4 is 45.8 Å². The van der Waals surface area contributed by atoms with Crippen molar-refractivity contribution in [2.24, 2.45) is 46.0 Å². The molecule has 5 aliphatic heterocycles.